The van der Waals surface area contributed by atoms with Crippen LogP contribution in [0.2, 0.25) is 0 Å². The van der Waals surface area contributed by atoms with Crippen LogP contribution in [-0.2, 0) is 9.53 Å². The van der Waals surface area contributed by atoms with Crippen molar-refractivity contribution in [1.82, 2.24) is 15.5 Å². The highest BCUT2D eigenvalue weighted by Gasteiger charge is 2.20. The van der Waals surface area contributed by atoms with Gasteiger partial charge in [-0.1, -0.05) is 19.3 Å². The van der Waals surface area contributed by atoms with Gasteiger partial charge in [0.1, 0.15) is 0 Å². The third-order valence-electron chi connectivity index (χ3n) is 4.34. The number of nitrogens with one attached hydrogen (secondary N) is 3. The third kappa shape index (κ3) is 4.04. The molecule has 1 saturated carbocycles. The van der Waals surface area contributed by atoms with Crippen LogP contribution in [-0.4, -0.2) is 41.9 Å². The summed E-state index contributed by atoms with van der Waals surface area (Å²) < 4.78 is 5.35. The molecule has 1 unspecified atom stereocenters. The first-order valence-corrected chi connectivity index (χ1v) is 7.97. The normalized spacial score (nSPS) is 23.9. The summed E-state index contributed by atoms with van der Waals surface area (Å²) in [4.78, 5) is 12.0. The van der Waals surface area contributed by atoms with E-state index in [-0.39, 0.29) is 11.9 Å². The molecule has 1 aliphatic carbocycles. The van der Waals surface area contributed by atoms with E-state index >= 15 is 0 Å². The van der Waals surface area contributed by atoms with E-state index in [9.17, 15) is 4.79 Å². The molecule has 1 atom stereocenters. The fraction of sp³-hybridized carbons (Fsp3) is 0.733. The standard InChI is InChI=1S/C15H24N4O2/c20-15(8-12-10-21-7-6-16-12)17-14-9-13(18-19-14)11-4-2-1-3-5-11/h9,11-12,16H,1-8,10H2,(H2,17,18,19,20). The van der Waals surface area contributed by atoms with Crippen molar-refractivity contribution in [2.75, 3.05) is 25.1 Å². The number of hydrogen-bond acceptors (Lipinski definition) is 4. The summed E-state index contributed by atoms with van der Waals surface area (Å²) in [5.41, 5.74) is 1.16. The first kappa shape index (κ1) is 14.5. The molecule has 116 valence electrons. The van der Waals surface area contributed by atoms with Gasteiger partial charge in [0.2, 0.25) is 5.91 Å². The fourth-order valence-electron chi connectivity index (χ4n) is 3.19. The summed E-state index contributed by atoms with van der Waals surface area (Å²) in [5, 5.41) is 13.4. The number of H-pyrrole nitrogens is 1. The predicted molar refractivity (Wildman–Crippen MR) is 80.3 cm³/mol. The van der Waals surface area contributed by atoms with Crippen LogP contribution in [0.5, 0.6) is 0 Å². The largest absolute Gasteiger partial charge is 0.378 e. The lowest BCUT2D eigenvalue weighted by Crippen LogP contribution is -2.43. The Bertz CT molecular complexity index is 462. The van der Waals surface area contributed by atoms with E-state index in [2.05, 4.69) is 20.8 Å². The number of carbonyl (C=O) groups excluding carboxylic acids is 1. The minimum Gasteiger partial charge on any atom is -0.378 e. The third-order valence-corrected chi connectivity index (χ3v) is 4.34. The summed E-state index contributed by atoms with van der Waals surface area (Å²) in [7, 11) is 0. The molecule has 6 heteroatoms. The molecular weight excluding hydrogens is 268 g/mol. The van der Waals surface area contributed by atoms with Crippen LogP contribution in [0.25, 0.3) is 0 Å². The number of hydrogen-bond donors (Lipinski definition) is 3. The molecule has 2 heterocycles. The molecule has 1 aliphatic heterocycles. The lowest BCUT2D eigenvalue weighted by molar-refractivity contribution is -0.117. The Morgan fingerprint density at radius 2 is 2.24 bits per heavy atom. The summed E-state index contributed by atoms with van der Waals surface area (Å²) >= 11 is 0. The molecule has 21 heavy (non-hydrogen) atoms. The van der Waals surface area contributed by atoms with Crippen LogP contribution in [0.4, 0.5) is 5.82 Å². The topological polar surface area (TPSA) is 79.0 Å². The molecule has 1 amide bonds. The Kier molecular flexibility index (Phi) is 4.87. The van der Waals surface area contributed by atoms with Gasteiger partial charge in [0.15, 0.2) is 5.82 Å². The van der Waals surface area contributed by atoms with E-state index < -0.39 is 0 Å². The highest BCUT2D eigenvalue weighted by molar-refractivity contribution is 5.90. The molecule has 1 aromatic rings. The number of anilines is 1. The summed E-state index contributed by atoms with van der Waals surface area (Å²) in [6, 6.07) is 2.09. The summed E-state index contributed by atoms with van der Waals surface area (Å²) in [6.07, 6.45) is 6.78. The quantitative estimate of drug-likeness (QED) is 0.790. The number of nitrogens with zero attached hydrogens (tertiary/aromatic N) is 1. The van der Waals surface area contributed by atoms with Crippen molar-refractivity contribution in [3.8, 4) is 0 Å². The molecule has 3 N–H and O–H groups in total. The lowest BCUT2D eigenvalue weighted by Gasteiger charge is -2.22. The van der Waals surface area contributed by atoms with E-state index in [1.807, 2.05) is 6.07 Å². The average Bonchev–Trinajstić information content (AvgIpc) is 2.97. The smallest absolute Gasteiger partial charge is 0.227 e. The van der Waals surface area contributed by atoms with Crippen molar-refractivity contribution in [3.63, 3.8) is 0 Å². The van der Waals surface area contributed by atoms with Gasteiger partial charge in [-0.3, -0.25) is 9.89 Å². The Hall–Kier alpha value is -1.40. The minimum absolute atomic E-state index is 0.0142. The van der Waals surface area contributed by atoms with Crippen molar-refractivity contribution in [2.45, 2.75) is 50.5 Å². The van der Waals surface area contributed by atoms with Gasteiger partial charge < -0.3 is 15.4 Å². The predicted octanol–water partition coefficient (Wildman–Crippen LogP) is 1.77. The Morgan fingerprint density at radius 1 is 1.38 bits per heavy atom. The molecule has 6 nitrogen and oxygen atoms in total. The van der Waals surface area contributed by atoms with E-state index in [0.717, 1.165) is 18.8 Å². The van der Waals surface area contributed by atoms with E-state index in [4.69, 9.17) is 4.74 Å². The maximum Gasteiger partial charge on any atom is 0.227 e. The van der Waals surface area contributed by atoms with Crippen LogP contribution < -0.4 is 10.6 Å². The summed E-state index contributed by atoms with van der Waals surface area (Å²) in [5.74, 6) is 1.20. The average molecular weight is 292 g/mol. The highest BCUT2D eigenvalue weighted by atomic mass is 16.5. The van der Waals surface area contributed by atoms with Gasteiger partial charge in [0.05, 0.1) is 13.2 Å². The molecule has 0 bridgehead atoms. The van der Waals surface area contributed by atoms with Gasteiger partial charge in [-0.15, -0.1) is 0 Å². The molecular formula is C15H24N4O2. The molecule has 0 aromatic carbocycles. The maximum absolute atomic E-state index is 12.0. The number of rotatable bonds is 4. The first-order chi connectivity index (χ1) is 10.3. The molecule has 2 aliphatic rings. The van der Waals surface area contributed by atoms with Crippen LogP contribution in [0.1, 0.15) is 50.1 Å². The number of amides is 1. The second-order valence-corrected chi connectivity index (χ2v) is 6.02. The lowest BCUT2D eigenvalue weighted by atomic mass is 9.87. The van der Waals surface area contributed by atoms with E-state index in [0.29, 0.717) is 24.8 Å². The number of ether oxygens (including phenoxy) is 1. The molecule has 1 saturated heterocycles. The van der Waals surface area contributed by atoms with Crippen molar-refractivity contribution >= 4 is 11.7 Å². The number of aromatic amines is 1. The molecule has 2 fully saturated rings. The van der Waals surface area contributed by atoms with Gasteiger partial charge in [0, 0.05) is 36.7 Å². The number of morpholine rings is 1. The first-order valence-electron chi connectivity index (χ1n) is 7.97. The van der Waals surface area contributed by atoms with Crippen LogP contribution in [0, 0.1) is 0 Å². The zero-order valence-corrected chi connectivity index (χ0v) is 12.4. The number of aromatic nitrogens is 2. The second kappa shape index (κ2) is 7.04. The zero-order chi connectivity index (χ0) is 14.5. The van der Waals surface area contributed by atoms with E-state index in [1.54, 1.807) is 0 Å². The summed E-state index contributed by atoms with van der Waals surface area (Å²) in [6.45, 7) is 2.13. The van der Waals surface area contributed by atoms with Crippen molar-refractivity contribution in [2.24, 2.45) is 0 Å². The van der Waals surface area contributed by atoms with Crippen molar-refractivity contribution in [1.29, 1.82) is 0 Å². The fourth-order valence-corrected chi connectivity index (χ4v) is 3.19. The van der Waals surface area contributed by atoms with Gasteiger partial charge in [-0.25, -0.2) is 0 Å². The van der Waals surface area contributed by atoms with Gasteiger partial charge in [0.25, 0.3) is 0 Å². The molecule has 3 rings (SSSR count). The van der Waals surface area contributed by atoms with Crippen LogP contribution >= 0.6 is 0 Å². The maximum atomic E-state index is 12.0. The Labute approximate surface area is 125 Å². The Morgan fingerprint density at radius 3 is 3.00 bits per heavy atom. The SMILES string of the molecule is O=C(CC1COCCN1)Nc1cc(C2CCCCC2)[nH]n1. The monoisotopic (exact) mass is 292 g/mol. The van der Waals surface area contributed by atoms with Gasteiger partial charge in [-0.2, -0.15) is 5.10 Å². The second-order valence-electron chi connectivity index (χ2n) is 6.02. The molecule has 0 spiro atoms. The van der Waals surface area contributed by atoms with Crippen LogP contribution in [0.15, 0.2) is 6.07 Å². The van der Waals surface area contributed by atoms with Gasteiger partial charge >= 0.3 is 0 Å². The van der Waals surface area contributed by atoms with Gasteiger partial charge in [-0.05, 0) is 12.8 Å². The van der Waals surface area contributed by atoms with E-state index in [1.165, 1.54) is 32.1 Å². The number of carbonyl (C=O) groups is 1. The Balaban J connectivity index is 1.50. The molecule has 1 aromatic heterocycles. The van der Waals surface area contributed by atoms with Crippen LogP contribution in [0.3, 0.4) is 0 Å². The highest BCUT2D eigenvalue weighted by Crippen LogP contribution is 2.32. The molecule has 0 radical (unpaired) electrons. The van der Waals surface area contributed by atoms with Crippen molar-refractivity contribution in [3.05, 3.63) is 11.8 Å². The minimum atomic E-state index is -0.0142. The van der Waals surface area contributed by atoms with Crippen molar-refractivity contribution < 1.29 is 9.53 Å². The zero-order valence-electron chi connectivity index (χ0n) is 12.4.